The Balaban J connectivity index is 2.01. The SMILES string of the molecule is NCc1ccn2cc(C3CCOC3)nc2c1. The lowest BCUT2D eigenvalue weighted by molar-refractivity contribution is 0.193. The molecule has 1 fully saturated rings. The molecule has 0 bridgehead atoms. The predicted molar refractivity (Wildman–Crippen MR) is 61.3 cm³/mol. The van der Waals surface area contributed by atoms with E-state index in [0.29, 0.717) is 12.5 Å². The number of hydrogen-bond donors (Lipinski definition) is 1. The van der Waals surface area contributed by atoms with Gasteiger partial charge in [-0.05, 0) is 24.1 Å². The zero-order valence-corrected chi connectivity index (χ0v) is 9.10. The molecule has 84 valence electrons. The van der Waals surface area contributed by atoms with Gasteiger partial charge in [0.05, 0.1) is 12.3 Å². The number of nitrogens with zero attached hydrogens (tertiary/aromatic N) is 2. The second-order valence-electron chi connectivity index (χ2n) is 4.23. The Morgan fingerprint density at radius 1 is 1.56 bits per heavy atom. The summed E-state index contributed by atoms with van der Waals surface area (Å²) < 4.78 is 7.43. The first-order valence-electron chi connectivity index (χ1n) is 5.62. The van der Waals surface area contributed by atoms with Crippen LogP contribution in [0.5, 0.6) is 0 Å². The molecule has 0 aromatic carbocycles. The van der Waals surface area contributed by atoms with Crippen LogP contribution in [0.4, 0.5) is 0 Å². The van der Waals surface area contributed by atoms with Gasteiger partial charge in [0.2, 0.25) is 0 Å². The van der Waals surface area contributed by atoms with Crippen LogP contribution in [0, 0.1) is 0 Å². The van der Waals surface area contributed by atoms with Crippen molar-refractivity contribution in [1.29, 1.82) is 0 Å². The molecule has 2 N–H and O–H groups in total. The number of aromatic nitrogens is 2. The normalized spacial score (nSPS) is 20.7. The fourth-order valence-corrected chi connectivity index (χ4v) is 2.14. The summed E-state index contributed by atoms with van der Waals surface area (Å²) in [4.78, 5) is 4.63. The highest BCUT2D eigenvalue weighted by Gasteiger charge is 2.20. The number of hydrogen-bond acceptors (Lipinski definition) is 3. The van der Waals surface area contributed by atoms with Crippen LogP contribution in [0.3, 0.4) is 0 Å². The highest BCUT2D eigenvalue weighted by molar-refractivity contribution is 5.43. The van der Waals surface area contributed by atoms with Gasteiger partial charge in [0.25, 0.3) is 0 Å². The average Bonchev–Trinajstić information content (AvgIpc) is 2.96. The van der Waals surface area contributed by atoms with Crippen LogP contribution >= 0.6 is 0 Å². The van der Waals surface area contributed by atoms with Crippen LogP contribution < -0.4 is 5.73 Å². The van der Waals surface area contributed by atoms with E-state index in [2.05, 4.69) is 11.2 Å². The molecule has 2 aromatic rings. The summed E-state index contributed by atoms with van der Waals surface area (Å²) >= 11 is 0. The molecule has 0 amide bonds. The second kappa shape index (κ2) is 3.88. The van der Waals surface area contributed by atoms with E-state index < -0.39 is 0 Å². The maximum Gasteiger partial charge on any atom is 0.137 e. The number of fused-ring (bicyclic) bond motifs is 1. The Labute approximate surface area is 94.0 Å². The van der Waals surface area contributed by atoms with E-state index in [1.54, 1.807) is 0 Å². The molecule has 0 saturated carbocycles. The van der Waals surface area contributed by atoms with Crippen LogP contribution in [-0.2, 0) is 11.3 Å². The van der Waals surface area contributed by atoms with Crippen LogP contribution in [-0.4, -0.2) is 22.6 Å². The number of rotatable bonds is 2. The molecule has 0 aliphatic carbocycles. The molecule has 2 aromatic heterocycles. The van der Waals surface area contributed by atoms with Crippen LogP contribution in [0.25, 0.3) is 5.65 Å². The first kappa shape index (κ1) is 9.81. The molecular formula is C12H15N3O. The third-order valence-electron chi connectivity index (χ3n) is 3.13. The quantitative estimate of drug-likeness (QED) is 0.824. The summed E-state index contributed by atoms with van der Waals surface area (Å²) in [6.45, 7) is 2.21. The Morgan fingerprint density at radius 3 is 3.25 bits per heavy atom. The predicted octanol–water partition coefficient (Wildman–Crippen LogP) is 1.30. The lowest BCUT2D eigenvalue weighted by atomic mass is 10.1. The van der Waals surface area contributed by atoms with Gasteiger partial charge in [-0.2, -0.15) is 0 Å². The summed E-state index contributed by atoms with van der Waals surface area (Å²) in [5, 5.41) is 0. The Bertz CT molecular complexity index is 500. The van der Waals surface area contributed by atoms with Gasteiger partial charge < -0.3 is 14.9 Å². The molecule has 4 heteroatoms. The smallest absolute Gasteiger partial charge is 0.137 e. The fourth-order valence-electron chi connectivity index (χ4n) is 2.14. The molecule has 0 spiro atoms. The minimum atomic E-state index is 0.459. The van der Waals surface area contributed by atoms with Crippen molar-refractivity contribution in [3.05, 3.63) is 35.8 Å². The van der Waals surface area contributed by atoms with E-state index >= 15 is 0 Å². The van der Waals surface area contributed by atoms with E-state index in [1.807, 2.05) is 22.7 Å². The molecule has 4 nitrogen and oxygen atoms in total. The van der Waals surface area contributed by atoms with Crippen LogP contribution in [0.2, 0.25) is 0 Å². The minimum absolute atomic E-state index is 0.459. The number of pyridine rings is 1. The zero-order valence-electron chi connectivity index (χ0n) is 9.10. The van der Waals surface area contributed by atoms with Crippen LogP contribution in [0.15, 0.2) is 24.5 Å². The Morgan fingerprint density at radius 2 is 2.50 bits per heavy atom. The van der Waals surface area contributed by atoms with E-state index in [9.17, 15) is 0 Å². The Kier molecular flexibility index (Phi) is 2.38. The van der Waals surface area contributed by atoms with E-state index in [4.69, 9.17) is 10.5 Å². The highest BCUT2D eigenvalue weighted by Crippen LogP contribution is 2.24. The van der Waals surface area contributed by atoms with Gasteiger partial charge in [-0.15, -0.1) is 0 Å². The molecular weight excluding hydrogens is 202 g/mol. The monoisotopic (exact) mass is 217 g/mol. The van der Waals surface area contributed by atoms with Crippen molar-refractivity contribution in [3.63, 3.8) is 0 Å². The maximum absolute atomic E-state index is 5.61. The van der Waals surface area contributed by atoms with E-state index in [0.717, 1.165) is 36.5 Å². The summed E-state index contributed by atoms with van der Waals surface area (Å²) in [5.41, 5.74) is 8.84. The van der Waals surface area contributed by atoms with Gasteiger partial charge >= 0.3 is 0 Å². The van der Waals surface area contributed by atoms with E-state index in [1.165, 1.54) is 0 Å². The molecule has 1 aliphatic heterocycles. The van der Waals surface area contributed by atoms with Crippen molar-refractivity contribution in [2.24, 2.45) is 5.73 Å². The molecule has 16 heavy (non-hydrogen) atoms. The summed E-state index contributed by atoms with van der Waals surface area (Å²) in [5.74, 6) is 0.459. The standard InChI is InChI=1S/C12H15N3O/c13-6-9-1-3-15-7-11(14-12(15)5-9)10-2-4-16-8-10/h1,3,5,7,10H,2,4,6,8,13H2. The second-order valence-corrected chi connectivity index (χ2v) is 4.23. The minimum Gasteiger partial charge on any atom is -0.381 e. The van der Waals surface area contributed by atoms with Gasteiger partial charge in [-0.25, -0.2) is 4.98 Å². The third kappa shape index (κ3) is 1.60. The van der Waals surface area contributed by atoms with E-state index in [-0.39, 0.29) is 0 Å². The third-order valence-corrected chi connectivity index (χ3v) is 3.13. The molecule has 1 saturated heterocycles. The van der Waals surface area contributed by atoms with Gasteiger partial charge in [0, 0.05) is 31.5 Å². The van der Waals surface area contributed by atoms with Crippen molar-refractivity contribution in [2.45, 2.75) is 18.9 Å². The number of imidazole rings is 1. The highest BCUT2D eigenvalue weighted by atomic mass is 16.5. The van der Waals surface area contributed by atoms with Crippen molar-refractivity contribution in [2.75, 3.05) is 13.2 Å². The molecule has 3 rings (SSSR count). The molecule has 3 heterocycles. The molecule has 1 aliphatic rings. The fraction of sp³-hybridized carbons (Fsp3) is 0.417. The molecule has 1 atom stereocenters. The van der Waals surface area contributed by atoms with Crippen molar-refractivity contribution in [1.82, 2.24) is 9.38 Å². The van der Waals surface area contributed by atoms with Gasteiger partial charge in [0.1, 0.15) is 5.65 Å². The lowest BCUT2D eigenvalue weighted by Crippen LogP contribution is -1.97. The summed E-state index contributed by atoms with van der Waals surface area (Å²) in [7, 11) is 0. The van der Waals surface area contributed by atoms with Crippen molar-refractivity contribution < 1.29 is 4.74 Å². The topological polar surface area (TPSA) is 52.5 Å². The van der Waals surface area contributed by atoms with Gasteiger partial charge in [-0.1, -0.05) is 0 Å². The number of ether oxygens (including phenoxy) is 1. The first-order chi connectivity index (χ1) is 7.86. The lowest BCUT2D eigenvalue weighted by Gasteiger charge is -2.00. The summed E-state index contributed by atoms with van der Waals surface area (Å²) in [6.07, 6.45) is 5.19. The Hall–Kier alpha value is -1.39. The zero-order chi connectivity index (χ0) is 11.0. The van der Waals surface area contributed by atoms with Gasteiger partial charge in [-0.3, -0.25) is 0 Å². The van der Waals surface area contributed by atoms with Gasteiger partial charge in [0.15, 0.2) is 0 Å². The molecule has 0 radical (unpaired) electrons. The summed E-state index contributed by atoms with van der Waals surface area (Å²) in [6, 6.07) is 4.07. The first-order valence-corrected chi connectivity index (χ1v) is 5.62. The number of nitrogens with two attached hydrogens (primary N) is 1. The molecule has 1 unspecified atom stereocenters. The van der Waals surface area contributed by atoms with Crippen molar-refractivity contribution in [3.8, 4) is 0 Å². The van der Waals surface area contributed by atoms with Crippen LogP contribution in [0.1, 0.15) is 23.6 Å². The van der Waals surface area contributed by atoms with Crippen molar-refractivity contribution >= 4 is 5.65 Å². The average molecular weight is 217 g/mol. The maximum atomic E-state index is 5.61. The largest absolute Gasteiger partial charge is 0.381 e.